The maximum Gasteiger partial charge on any atom is 0.191 e. The van der Waals surface area contributed by atoms with Gasteiger partial charge in [0.15, 0.2) is 5.96 Å². The van der Waals surface area contributed by atoms with E-state index in [1.54, 1.807) is 11.3 Å². The molecule has 1 aromatic carbocycles. The van der Waals surface area contributed by atoms with Crippen LogP contribution in [-0.2, 0) is 11.3 Å². The Morgan fingerprint density at radius 3 is 2.57 bits per heavy atom. The summed E-state index contributed by atoms with van der Waals surface area (Å²) in [5.41, 5.74) is 1.10. The van der Waals surface area contributed by atoms with Crippen molar-refractivity contribution in [3.8, 4) is 0 Å². The van der Waals surface area contributed by atoms with Gasteiger partial charge in [-0.3, -0.25) is 4.90 Å². The Bertz CT molecular complexity index is 756. The second-order valence-electron chi connectivity index (χ2n) is 6.80. The average Bonchev–Trinajstić information content (AvgIpc) is 3.13. The van der Waals surface area contributed by atoms with Gasteiger partial charge in [0.1, 0.15) is 5.82 Å². The largest absolute Gasteiger partial charge is 0.379 e. The van der Waals surface area contributed by atoms with Crippen LogP contribution in [0.5, 0.6) is 0 Å². The van der Waals surface area contributed by atoms with E-state index in [1.807, 2.05) is 12.1 Å². The van der Waals surface area contributed by atoms with E-state index in [4.69, 9.17) is 9.73 Å². The third-order valence-corrected chi connectivity index (χ3v) is 5.72. The van der Waals surface area contributed by atoms with E-state index in [0.717, 1.165) is 44.4 Å². The van der Waals surface area contributed by atoms with E-state index in [-0.39, 0.29) is 11.9 Å². The Morgan fingerprint density at radius 2 is 1.93 bits per heavy atom. The number of nitrogens with zero attached hydrogens (tertiary/aromatic N) is 2. The SMILES string of the molecule is CCNC(=NCc1ccc(C)s1)NCC(c1ccc(F)cc1)N1CCOCC1. The normalized spacial score (nSPS) is 16.8. The number of nitrogens with one attached hydrogen (secondary N) is 2. The molecule has 152 valence electrons. The van der Waals surface area contributed by atoms with Gasteiger partial charge in [0.25, 0.3) is 0 Å². The molecule has 7 heteroatoms. The summed E-state index contributed by atoms with van der Waals surface area (Å²) in [5, 5.41) is 6.79. The van der Waals surface area contributed by atoms with E-state index < -0.39 is 0 Å². The molecule has 1 saturated heterocycles. The van der Waals surface area contributed by atoms with Gasteiger partial charge in [-0.1, -0.05) is 12.1 Å². The predicted octanol–water partition coefficient (Wildman–Crippen LogP) is 3.32. The lowest BCUT2D eigenvalue weighted by molar-refractivity contribution is 0.0170. The lowest BCUT2D eigenvalue weighted by atomic mass is 10.0. The van der Waals surface area contributed by atoms with Crippen molar-refractivity contribution in [3.05, 3.63) is 57.5 Å². The summed E-state index contributed by atoms with van der Waals surface area (Å²) in [4.78, 5) is 9.65. The number of morpholine rings is 1. The molecule has 5 nitrogen and oxygen atoms in total. The van der Waals surface area contributed by atoms with Gasteiger partial charge >= 0.3 is 0 Å². The van der Waals surface area contributed by atoms with Crippen LogP contribution in [-0.4, -0.2) is 50.3 Å². The van der Waals surface area contributed by atoms with E-state index >= 15 is 0 Å². The zero-order chi connectivity index (χ0) is 19.8. The molecule has 0 aliphatic carbocycles. The predicted molar refractivity (Wildman–Crippen MR) is 113 cm³/mol. The number of rotatable bonds is 7. The molecular weight excluding hydrogens is 375 g/mol. The molecule has 0 saturated carbocycles. The summed E-state index contributed by atoms with van der Waals surface area (Å²) in [6.45, 7) is 9.51. The number of hydrogen-bond donors (Lipinski definition) is 2. The van der Waals surface area contributed by atoms with Crippen LogP contribution in [0.3, 0.4) is 0 Å². The van der Waals surface area contributed by atoms with E-state index in [0.29, 0.717) is 13.1 Å². The third-order valence-electron chi connectivity index (χ3n) is 4.74. The van der Waals surface area contributed by atoms with Crippen LogP contribution >= 0.6 is 11.3 Å². The molecule has 3 rings (SSSR count). The Labute approximate surface area is 170 Å². The van der Waals surface area contributed by atoms with Crippen LogP contribution in [0, 0.1) is 12.7 Å². The second-order valence-corrected chi connectivity index (χ2v) is 8.18. The van der Waals surface area contributed by atoms with Gasteiger partial charge in [0, 0.05) is 35.9 Å². The number of guanidine groups is 1. The quantitative estimate of drug-likeness (QED) is 0.549. The fourth-order valence-electron chi connectivity index (χ4n) is 3.29. The molecule has 2 N–H and O–H groups in total. The van der Waals surface area contributed by atoms with E-state index in [1.165, 1.54) is 21.9 Å². The van der Waals surface area contributed by atoms with Crippen molar-refractivity contribution in [2.24, 2.45) is 4.99 Å². The van der Waals surface area contributed by atoms with Crippen LogP contribution in [0.2, 0.25) is 0 Å². The monoisotopic (exact) mass is 404 g/mol. The smallest absolute Gasteiger partial charge is 0.191 e. The number of benzene rings is 1. The van der Waals surface area contributed by atoms with Crippen LogP contribution in [0.15, 0.2) is 41.4 Å². The average molecular weight is 405 g/mol. The van der Waals surface area contributed by atoms with Gasteiger partial charge < -0.3 is 15.4 Å². The first-order chi connectivity index (χ1) is 13.7. The van der Waals surface area contributed by atoms with Crippen LogP contribution in [0.1, 0.15) is 28.3 Å². The number of hydrogen-bond acceptors (Lipinski definition) is 4. The summed E-state index contributed by atoms with van der Waals surface area (Å²) in [6, 6.07) is 11.2. The standard InChI is InChI=1S/C21H29FN4OS/c1-3-23-21(24-14-19-9-4-16(2)28-19)25-15-20(26-10-12-27-13-11-26)17-5-7-18(22)8-6-17/h4-9,20H,3,10-15H2,1-2H3,(H2,23,24,25). The first-order valence-corrected chi connectivity index (χ1v) is 10.6. The highest BCUT2D eigenvalue weighted by atomic mass is 32.1. The van der Waals surface area contributed by atoms with Crippen molar-refractivity contribution in [2.45, 2.75) is 26.4 Å². The summed E-state index contributed by atoms with van der Waals surface area (Å²) in [6.07, 6.45) is 0. The van der Waals surface area contributed by atoms with E-state index in [2.05, 4.69) is 41.5 Å². The van der Waals surface area contributed by atoms with Gasteiger partial charge in [-0.15, -0.1) is 11.3 Å². The number of aryl methyl sites for hydroxylation is 1. The molecule has 1 aliphatic rings. The lowest BCUT2D eigenvalue weighted by Crippen LogP contribution is -2.46. The minimum Gasteiger partial charge on any atom is -0.379 e. The highest BCUT2D eigenvalue weighted by Gasteiger charge is 2.23. The topological polar surface area (TPSA) is 48.9 Å². The minimum atomic E-state index is -0.210. The molecule has 0 amide bonds. The van der Waals surface area contributed by atoms with Crippen molar-refractivity contribution < 1.29 is 9.13 Å². The number of ether oxygens (including phenoxy) is 1. The molecule has 1 unspecified atom stereocenters. The van der Waals surface area contributed by atoms with Crippen molar-refractivity contribution in [1.82, 2.24) is 15.5 Å². The molecule has 0 bridgehead atoms. The molecule has 1 fully saturated rings. The third kappa shape index (κ3) is 6.02. The highest BCUT2D eigenvalue weighted by molar-refractivity contribution is 7.11. The zero-order valence-corrected chi connectivity index (χ0v) is 17.4. The first kappa shape index (κ1) is 20.8. The van der Waals surface area contributed by atoms with Crippen molar-refractivity contribution >= 4 is 17.3 Å². The maximum absolute atomic E-state index is 13.4. The van der Waals surface area contributed by atoms with Crippen molar-refractivity contribution in [3.63, 3.8) is 0 Å². The fraction of sp³-hybridized carbons (Fsp3) is 0.476. The molecule has 28 heavy (non-hydrogen) atoms. The van der Waals surface area contributed by atoms with Gasteiger partial charge in [-0.05, 0) is 43.7 Å². The number of halogens is 1. The summed E-state index contributed by atoms with van der Waals surface area (Å²) >= 11 is 1.77. The number of aliphatic imine (C=N–C) groups is 1. The summed E-state index contributed by atoms with van der Waals surface area (Å²) in [7, 11) is 0. The van der Waals surface area contributed by atoms with Gasteiger partial charge in [-0.2, -0.15) is 0 Å². The summed E-state index contributed by atoms with van der Waals surface area (Å²) in [5.74, 6) is 0.590. The first-order valence-electron chi connectivity index (χ1n) is 9.80. The Balaban J connectivity index is 1.69. The Morgan fingerprint density at radius 1 is 1.18 bits per heavy atom. The maximum atomic E-state index is 13.4. The molecule has 1 aromatic heterocycles. The Kier molecular flexibility index (Phi) is 7.82. The van der Waals surface area contributed by atoms with Gasteiger partial charge in [0.2, 0.25) is 0 Å². The number of thiophene rings is 1. The highest BCUT2D eigenvalue weighted by Crippen LogP contribution is 2.22. The Hall–Kier alpha value is -1.96. The fourth-order valence-corrected chi connectivity index (χ4v) is 4.11. The molecule has 0 spiro atoms. The second kappa shape index (κ2) is 10.5. The van der Waals surface area contributed by atoms with Gasteiger partial charge in [0.05, 0.1) is 25.8 Å². The molecule has 2 aromatic rings. The summed E-state index contributed by atoms with van der Waals surface area (Å²) < 4.78 is 18.9. The van der Waals surface area contributed by atoms with Crippen molar-refractivity contribution in [2.75, 3.05) is 39.4 Å². The molecule has 0 radical (unpaired) electrons. The van der Waals surface area contributed by atoms with E-state index in [9.17, 15) is 4.39 Å². The molecular formula is C21H29FN4OS. The zero-order valence-electron chi connectivity index (χ0n) is 16.6. The molecule has 2 heterocycles. The van der Waals surface area contributed by atoms with Crippen LogP contribution in [0.4, 0.5) is 4.39 Å². The van der Waals surface area contributed by atoms with Gasteiger partial charge in [-0.25, -0.2) is 9.38 Å². The minimum absolute atomic E-state index is 0.136. The van der Waals surface area contributed by atoms with Crippen LogP contribution in [0.25, 0.3) is 0 Å². The molecule has 1 atom stereocenters. The lowest BCUT2D eigenvalue weighted by Gasteiger charge is -2.35. The molecule has 1 aliphatic heterocycles. The van der Waals surface area contributed by atoms with Crippen molar-refractivity contribution in [1.29, 1.82) is 0 Å². The van der Waals surface area contributed by atoms with Crippen LogP contribution < -0.4 is 10.6 Å².